The van der Waals surface area contributed by atoms with E-state index in [1.165, 1.54) is 6.07 Å². The summed E-state index contributed by atoms with van der Waals surface area (Å²) in [4.78, 5) is 16.7. The van der Waals surface area contributed by atoms with Crippen LogP contribution in [0, 0.1) is 6.92 Å². The van der Waals surface area contributed by atoms with Crippen LogP contribution in [-0.2, 0) is 4.79 Å². The molecular weight excluding hydrogens is 436 g/mol. The maximum atomic E-state index is 12.2. The SMILES string of the molecule is Cc1ccc2oc(-c3cc(NC(=O)COc4ccc(Br)cc4)ccc3O)nc2c1. The van der Waals surface area contributed by atoms with E-state index in [9.17, 15) is 9.90 Å². The van der Waals surface area contributed by atoms with Gasteiger partial charge in [0.15, 0.2) is 12.2 Å². The van der Waals surface area contributed by atoms with Crippen molar-refractivity contribution in [2.75, 3.05) is 11.9 Å². The summed E-state index contributed by atoms with van der Waals surface area (Å²) >= 11 is 3.35. The Morgan fingerprint density at radius 2 is 1.93 bits per heavy atom. The Balaban J connectivity index is 1.50. The molecule has 0 atom stereocenters. The first-order valence-corrected chi connectivity index (χ1v) is 9.66. The quantitative estimate of drug-likeness (QED) is 0.402. The van der Waals surface area contributed by atoms with Gasteiger partial charge in [0.25, 0.3) is 5.91 Å². The molecule has 0 fully saturated rings. The van der Waals surface area contributed by atoms with E-state index < -0.39 is 0 Å². The lowest BCUT2D eigenvalue weighted by molar-refractivity contribution is -0.118. The fourth-order valence-corrected chi connectivity index (χ4v) is 3.08. The Morgan fingerprint density at radius 3 is 2.72 bits per heavy atom. The maximum Gasteiger partial charge on any atom is 0.262 e. The van der Waals surface area contributed by atoms with E-state index in [-0.39, 0.29) is 24.2 Å². The molecule has 146 valence electrons. The molecule has 1 amide bonds. The molecule has 6 nitrogen and oxygen atoms in total. The van der Waals surface area contributed by atoms with Gasteiger partial charge in [-0.1, -0.05) is 22.0 Å². The van der Waals surface area contributed by atoms with E-state index in [1.807, 2.05) is 37.3 Å². The number of carbonyl (C=O) groups excluding carboxylic acids is 1. The van der Waals surface area contributed by atoms with Crippen LogP contribution in [0.2, 0.25) is 0 Å². The number of halogens is 1. The number of hydrogen-bond donors (Lipinski definition) is 2. The van der Waals surface area contributed by atoms with Crippen molar-refractivity contribution in [1.82, 2.24) is 4.98 Å². The molecule has 0 spiro atoms. The summed E-state index contributed by atoms with van der Waals surface area (Å²) in [5.41, 5.74) is 3.29. The summed E-state index contributed by atoms with van der Waals surface area (Å²) in [6, 6.07) is 17.6. The van der Waals surface area contributed by atoms with Gasteiger partial charge in [0.1, 0.15) is 17.0 Å². The number of aromatic hydroxyl groups is 1. The Labute approximate surface area is 175 Å². The molecule has 2 N–H and O–H groups in total. The first-order chi connectivity index (χ1) is 14.0. The molecule has 29 heavy (non-hydrogen) atoms. The second kappa shape index (κ2) is 7.97. The fourth-order valence-electron chi connectivity index (χ4n) is 2.81. The van der Waals surface area contributed by atoms with Crippen LogP contribution >= 0.6 is 15.9 Å². The van der Waals surface area contributed by atoms with E-state index in [0.717, 1.165) is 10.0 Å². The lowest BCUT2D eigenvalue weighted by atomic mass is 10.1. The van der Waals surface area contributed by atoms with Gasteiger partial charge in [0, 0.05) is 10.2 Å². The zero-order chi connectivity index (χ0) is 20.4. The predicted molar refractivity (Wildman–Crippen MR) is 114 cm³/mol. The molecule has 0 unspecified atom stereocenters. The molecule has 0 saturated heterocycles. The first kappa shape index (κ1) is 19.0. The highest BCUT2D eigenvalue weighted by Crippen LogP contribution is 2.33. The third-order valence-electron chi connectivity index (χ3n) is 4.24. The van der Waals surface area contributed by atoms with Crippen molar-refractivity contribution in [3.8, 4) is 23.0 Å². The Kier molecular flexibility index (Phi) is 5.22. The molecule has 1 aromatic heterocycles. The average molecular weight is 453 g/mol. The van der Waals surface area contributed by atoms with Gasteiger partial charge in [0.05, 0.1) is 5.56 Å². The largest absolute Gasteiger partial charge is 0.507 e. The molecule has 0 aliphatic rings. The number of anilines is 1. The van der Waals surface area contributed by atoms with Gasteiger partial charge >= 0.3 is 0 Å². The number of oxazole rings is 1. The number of fused-ring (bicyclic) bond motifs is 1. The van der Waals surface area contributed by atoms with Crippen molar-refractivity contribution < 1.29 is 19.1 Å². The monoisotopic (exact) mass is 452 g/mol. The van der Waals surface area contributed by atoms with E-state index in [0.29, 0.717) is 28.1 Å². The van der Waals surface area contributed by atoms with Gasteiger partial charge < -0.3 is 19.6 Å². The second-order valence-corrected chi connectivity index (χ2v) is 7.43. The van der Waals surface area contributed by atoms with Crippen LogP contribution in [0.4, 0.5) is 5.69 Å². The van der Waals surface area contributed by atoms with Crippen molar-refractivity contribution in [2.24, 2.45) is 0 Å². The van der Waals surface area contributed by atoms with E-state index in [2.05, 4.69) is 26.2 Å². The number of nitrogens with one attached hydrogen (secondary N) is 1. The number of hydrogen-bond acceptors (Lipinski definition) is 5. The molecule has 1 heterocycles. The standard InChI is InChI=1S/C22H17BrN2O4/c1-13-2-9-20-18(10-13)25-22(29-20)17-11-15(5-8-19(17)26)24-21(27)12-28-16-6-3-14(23)4-7-16/h2-11,26H,12H2,1H3,(H,24,27). The summed E-state index contributed by atoms with van der Waals surface area (Å²) < 4.78 is 12.2. The van der Waals surface area contributed by atoms with Crippen LogP contribution in [0.5, 0.6) is 11.5 Å². The minimum Gasteiger partial charge on any atom is -0.507 e. The molecule has 0 bridgehead atoms. The van der Waals surface area contributed by atoms with Crippen molar-refractivity contribution >= 4 is 38.6 Å². The lowest BCUT2D eigenvalue weighted by Gasteiger charge is -2.09. The average Bonchev–Trinajstić information content (AvgIpc) is 3.12. The lowest BCUT2D eigenvalue weighted by Crippen LogP contribution is -2.20. The second-order valence-electron chi connectivity index (χ2n) is 6.51. The van der Waals surface area contributed by atoms with Crippen LogP contribution in [0.15, 0.2) is 69.6 Å². The van der Waals surface area contributed by atoms with Crippen LogP contribution in [0.1, 0.15) is 5.56 Å². The number of rotatable bonds is 5. The highest BCUT2D eigenvalue weighted by atomic mass is 79.9. The van der Waals surface area contributed by atoms with Crippen LogP contribution in [0.3, 0.4) is 0 Å². The minimum atomic E-state index is -0.322. The normalized spacial score (nSPS) is 10.8. The highest BCUT2D eigenvalue weighted by Gasteiger charge is 2.14. The molecule has 4 aromatic rings. The number of aromatic nitrogens is 1. The Bertz CT molecular complexity index is 1190. The number of aryl methyl sites for hydroxylation is 1. The highest BCUT2D eigenvalue weighted by molar-refractivity contribution is 9.10. The molecule has 0 aliphatic heterocycles. The predicted octanol–water partition coefficient (Wildman–Crippen LogP) is 5.29. The molecule has 0 aliphatic carbocycles. The topological polar surface area (TPSA) is 84.6 Å². The first-order valence-electron chi connectivity index (χ1n) is 8.87. The van der Waals surface area contributed by atoms with Gasteiger partial charge in [-0.3, -0.25) is 4.79 Å². The van der Waals surface area contributed by atoms with Crippen LogP contribution in [0.25, 0.3) is 22.6 Å². The zero-order valence-corrected chi connectivity index (χ0v) is 17.1. The third kappa shape index (κ3) is 4.41. The number of amides is 1. The van der Waals surface area contributed by atoms with Crippen LogP contribution < -0.4 is 10.1 Å². The number of carbonyl (C=O) groups is 1. The van der Waals surface area contributed by atoms with Gasteiger partial charge in [-0.25, -0.2) is 4.98 Å². The van der Waals surface area contributed by atoms with Crippen molar-refractivity contribution in [2.45, 2.75) is 6.92 Å². The number of nitrogens with zero attached hydrogens (tertiary/aromatic N) is 1. The van der Waals surface area contributed by atoms with E-state index >= 15 is 0 Å². The Hall–Kier alpha value is -3.32. The van der Waals surface area contributed by atoms with Crippen LogP contribution in [-0.4, -0.2) is 22.6 Å². The Morgan fingerprint density at radius 1 is 1.14 bits per heavy atom. The van der Waals surface area contributed by atoms with Crippen molar-refractivity contribution in [3.05, 3.63) is 70.7 Å². The van der Waals surface area contributed by atoms with Crippen molar-refractivity contribution in [3.63, 3.8) is 0 Å². The minimum absolute atomic E-state index is 0.0115. The molecular formula is C22H17BrN2O4. The van der Waals surface area contributed by atoms with Gasteiger partial charge in [-0.2, -0.15) is 0 Å². The summed E-state index contributed by atoms with van der Waals surface area (Å²) in [5.74, 6) is 0.567. The van der Waals surface area contributed by atoms with E-state index in [1.54, 1.807) is 24.3 Å². The number of ether oxygens (including phenoxy) is 1. The summed E-state index contributed by atoms with van der Waals surface area (Å²) in [7, 11) is 0. The third-order valence-corrected chi connectivity index (χ3v) is 4.77. The summed E-state index contributed by atoms with van der Waals surface area (Å²) in [6.07, 6.45) is 0. The van der Waals surface area contributed by atoms with Crippen molar-refractivity contribution in [1.29, 1.82) is 0 Å². The molecule has 0 saturated carbocycles. The summed E-state index contributed by atoms with van der Waals surface area (Å²) in [6.45, 7) is 1.83. The molecule has 0 radical (unpaired) electrons. The number of phenols is 1. The fraction of sp³-hybridized carbons (Fsp3) is 0.0909. The summed E-state index contributed by atoms with van der Waals surface area (Å²) in [5, 5.41) is 13.0. The maximum absolute atomic E-state index is 12.2. The van der Waals surface area contributed by atoms with Gasteiger partial charge in [0.2, 0.25) is 5.89 Å². The molecule has 3 aromatic carbocycles. The smallest absolute Gasteiger partial charge is 0.262 e. The number of benzene rings is 3. The van der Waals surface area contributed by atoms with Gasteiger partial charge in [-0.05, 0) is 67.1 Å². The van der Waals surface area contributed by atoms with E-state index in [4.69, 9.17) is 9.15 Å². The molecule has 4 rings (SSSR count). The zero-order valence-electron chi connectivity index (χ0n) is 15.5. The molecule has 7 heteroatoms. The number of phenolic OH excluding ortho intramolecular Hbond substituents is 1. The van der Waals surface area contributed by atoms with Gasteiger partial charge in [-0.15, -0.1) is 0 Å².